The van der Waals surface area contributed by atoms with E-state index in [2.05, 4.69) is 20.7 Å². The molecule has 0 amide bonds. The number of hydrogen-bond acceptors (Lipinski definition) is 4. The van der Waals surface area contributed by atoms with Gasteiger partial charge in [0.15, 0.2) is 5.96 Å². The maximum absolute atomic E-state index is 6.12. The lowest BCUT2D eigenvalue weighted by Crippen LogP contribution is -2.42. The smallest absolute Gasteiger partial charge is 0.193 e. The second-order valence-electron chi connectivity index (χ2n) is 5.50. The lowest BCUT2D eigenvalue weighted by Gasteiger charge is -2.23. The van der Waals surface area contributed by atoms with Gasteiger partial charge < -0.3 is 15.0 Å². The van der Waals surface area contributed by atoms with Crippen LogP contribution in [0.15, 0.2) is 34.6 Å². The highest BCUT2D eigenvalue weighted by molar-refractivity contribution is 14.0. The normalized spacial score (nSPS) is 12.3. The van der Waals surface area contributed by atoms with Crippen LogP contribution in [0.4, 0.5) is 0 Å². The molecule has 0 fully saturated rings. The summed E-state index contributed by atoms with van der Waals surface area (Å²) in [6, 6.07) is 7.48. The summed E-state index contributed by atoms with van der Waals surface area (Å²) in [7, 11) is 3.76. The van der Waals surface area contributed by atoms with E-state index in [1.807, 2.05) is 50.1 Å². The summed E-state index contributed by atoms with van der Waals surface area (Å²) in [6.45, 7) is 5.34. The highest BCUT2D eigenvalue weighted by Gasteiger charge is 2.11. The Morgan fingerprint density at radius 2 is 2.16 bits per heavy atom. The summed E-state index contributed by atoms with van der Waals surface area (Å²) in [5, 5.41) is 7.08. The molecular weight excluding hydrogens is 471 g/mol. The van der Waals surface area contributed by atoms with Crippen LogP contribution in [-0.2, 0) is 6.54 Å². The molecule has 0 saturated carbocycles. The topological polar surface area (TPSA) is 49.8 Å². The van der Waals surface area contributed by atoms with Crippen molar-refractivity contribution < 1.29 is 4.74 Å². The summed E-state index contributed by atoms with van der Waals surface area (Å²) in [6.07, 6.45) is -0.0448. The van der Waals surface area contributed by atoms with E-state index in [1.165, 1.54) is 0 Å². The van der Waals surface area contributed by atoms with Crippen molar-refractivity contribution >= 4 is 52.9 Å². The lowest BCUT2D eigenvalue weighted by molar-refractivity contribution is 0.222. The van der Waals surface area contributed by atoms with Crippen LogP contribution in [0.3, 0.4) is 0 Å². The van der Waals surface area contributed by atoms with Crippen molar-refractivity contribution in [2.75, 3.05) is 20.6 Å². The number of ether oxygens (including phenoxy) is 1. The lowest BCUT2D eigenvalue weighted by atomic mass is 10.3. The van der Waals surface area contributed by atoms with Crippen molar-refractivity contribution in [3.05, 3.63) is 45.4 Å². The number of aryl methyl sites for hydroxylation is 1. The molecule has 1 aromatic carbocycles. The number of aliphatic imine (C=N–C) groups is 1. The van der Waals surface area contributed by atoms with Gasteiger partial charge in [-0.05, 0) is 26.0 Å². The minimum Gasteiger partial charge on any atom is -0.487 e. The summed E-state index contributed by atoms with van der Waals surface area (Å²) >= 11 is 7.77. The molecule has 8 heteroatoms. The van der Waals surface area contributed by atoms with E-state index in [4.69, 9.17) is 16.3 Å². The number of para-hydroxylation sites is 1. The van der Waals surface area contributed by atoms with Gasteiger partial charge >= 0.3 is 0 Å². The van der Waals surface area contributed by atoms with Gasteiger partial charge in [-0.1, -0.05) is 23.7 Å². The molecule has 25 heavy (non-hydrogen) atoms. The predicted molar refractivity (Wildman–Crippen MR) is 117 cm³/mol. The highest BCUT2D eigenvalue weighted by Crippen LogP contribution is 2.24. The number of benzene rings is 1. The van der Waals surface area contributed by atoms with E-state index < -0.39 is 0 Å². The fourth-order valence-corrected chi connectivity index (χ4v) is 3.00. The van der Waals surface area contributed by atoms with Gasteiger partial charge in [0.25, 0.3) is 0 Å². The Morgan fingerprint density at radius 1 is 1.44 bits per heavy atom. The SMILES string of the molecule is CN=C(NCC(C)Oc1ccccc1Cl)N(C)Cc1csc(C)n1.I. The molecule has 0 aliphatic rings. The van der Waals surface area contributed by atoms with Gasteiger partial charge in [0, 0.05) is 19.5 Å². The Bertz CT molecular complexity index is 695. The first-order chi connectivity index (χ1) is 11.5. The van der Waals surface area contributed by atoms with Gasteiger partial charge in [0.2, 0.25) is 0 Å². The van der Waals surface area contributed by atoms with Gasteiger partial charge in [-0.15, -0.1) is 35.3 Å². The monoisotopic (exact) mass is 494 g/mol. The molecule has 1 atom stereocenters. The number of halogens is 2. The number of rotatable bonds is 6. The van der Waals surface area contributed by atoms with E-state index in [0.717, 1.165) is 16.7 Å². The molecule has 1 unspecified atom stereocenters. The molecule has 1 N–H and O–H groups in total. The van der Waals surface area contributed by atoms with Crippen LogP contribution in [0.2, 0.25) is 5.02 Å². The molecule has 1 aromatic heterocycles. The van der Waals surface area contributed by atoms with E-state index in [0.29, 0.717) is 23.9 Å². The minimum absolute atomic E-state index is 0. The van der Waals surface area contributed by atoms with E-state index in [1.54, 1.807) is 18.4 Å². The Balaban J connectivity index is 0.00000312. The third-order valence-electron chi connectivity index (χ3n) is 3.35. The zero-order valence-corrected chi connectivity index (χ0v) is 18.7. The number of hydrogen-bond donors (Lipinski definition) is 1. The van der Waals surface area contributed by atoms with Crippen LogP contribution in [0.1, 0.15) is 17.6 Å². The van der Waals surface area contributed by atoms with Gasteiger partial charge in [0.05, 0.1) is 28.8 Å². The van der Waals surface area contributed by atoms with Gasteiger partial charge in [-0.25, -0.2) is 4.98 Å². The van der Waals surface area contributed by atoms with Crippen LogP contribution < -0.4 is 10.1 Å². The van der Waals surface area contributed by atoms with Gasteiger partial charge in [-0.2, -0.15) is 0 Å². The standard InChI is InChI=1S/C17H23ClN4OS.HI/c1-12(23-16-8-6-5-7-15(16)18)9-20-17(19-3)22(4)10-14-11-24-13(2)21-14;/h5-8,11-12H,9-10H2,1-4H3,(H,19,20);1H. The Kier molecular flexibility index (Phi) is 9.52. The van der Waals surface area contributed by atoms with Gasteiger partial charge in [0.1, 0.15) is 11.9 Å². The fourth-order valence-electron chi connectivity index (χ4n) is 2.22. The molecule has 5 nitrogen and oxygen atoms in total. The van der Waals surface area contributed by atoms with Gasteiger partial charge in [-0.3, -0.25) is 4.99 Å². The van der Waals surface area contributed by atoms with E-state index in [9.17, 15) is 0 Å². The van der Waals surface area contributed by atoms with Crippen LogP contribution >= 0.6 is 46.9 Å². The average molecular weight is 495 g/mol. The molecule has 2 rings (SSSR count). The number of thiazole rings is 1. The molecule has 1 heterocycles. The molecule has 0 radical (unpaired) electrons. The largest absolute Gasteiger partial charge is 0.487 e. The molecule has 0 aliphatic carbocycles. The number of aromatic nitrogens is 1. The van der Waals surface area contributed by atoms with Crippen molar-refractivity contribution in [1.29, 1.82) is 0 Å². The molecule has 138 valence electrons. The number of guanidine groups is 1. The second kappa shape index (κ2) is 10.8. The average Bonchev–Trinajstić information content (AvgIpc) is 2.95. The molecule has 0 bridgehead atoms. The van der Waals surface area contributed by atoms with Crippen LogP contribution in [0.25, 0.3) is 0 Å². The molecule has 0 saturated heterocycles. The maximum atomic E-state index is 6.12. The van der Waals surface area contributed by atoms with Crippen molar-refractivity contribution in [2.24, 2.45) is 4.99 Å². The molecular formula is C17H24ClIN4OS. The summed E-state index contributed by atoms with van der Waals surface area (Å²) in [4.78, 5) is 10.8. The summed E-state index contributed by atoms with van der Waals surface area (Å²) < 4.78 is 5.86. The van der Waals surface area contributed by atoms with E-state index in [-0.39, 0.29) is 30.1 Å². The molecule has 0 aliphatic heterocycles. The second-order valence-corrected chi connectivity index (χ2v) is 6.97. The molecule has 2 aromatic rings. The first kappa shape index (κ1) is 22.0. The van der Waals surface area contributed by atoms with Crippen molar-refractivity contribution in [3.63, 3.8) is 0 Å². The number of nitrogens with one attached hydrogen (secondary N) is 1. The third-order valence-corrected chi connectivity index (χ3v) is 4.49. The first-order valence-electron chi connectivity index (χ1n) is 7.73. The van der Waals surface area contributed by atoms with Crippen LogP contribution in [0, 0.1) is 6.92 Å². The quantitative estimate of drug-likeness (QED) is 0.372. The molecule has 0 spiro atoms. The van der Waals surface area contributed by atoms with E-state index >= 15 is 0 Å². The summed E-state index contributed by atoms with van der Waals surface area (Å²) in [5.41, 5.74) is 1.04. The van der Waals surface area contributed by atoms with Crippen LogP contribution in [0.5, 0.6) is 5.75 Å². The van der Waals surface area contributed by atoms with Crippen LogP contribution in [-0.4, -0.2) is 42.6 Å². The van der Waals surface area contributed by atoms with Crippen molar-refractivity contribution in [2.45, 2.75) is 26.5 Å². The third kappa shape index (κ3) is 6.99. The Labute approximate surface area is 175 Å². The number of nitrogens with zero attached hydrogens (tertiary/aromatic N) is 3. The van der Waals surface area contributed by atoms with Crippen molar-refractivity contribution in [3.8, 4) is 5.75 Å². The minimum atomic E-state index is -0.0448. The highest BCUT2D eigenvalue weighted by atomic mass is 127. The maximum Gasteiger partial charge on any atom is 0.193 e. The van der Waals surface area contributed by atoms with Crippen molar-refractivity contribution in [1.82, 2.24) is 15.2 Å². The summed E-state index contributed by atoms with van der Waals surface area (Å²) in [5.74, 6) is 1.49. The zero-order valence-electron chi connectivity index (χ0n) is 14.8. The fraction of sp³-hybridized carbons (Fsp3) is 0.412. The first-order valence-corrected chi connectivity index (χ1v) is 8.99. The zero-order chi connectivity index (χ0) is 17.5. The Morgan fingerprint density at radius 3 is 2.76 bits per heavy atom. The Hall–Kier alpha value is -1.06. The predicted octanol–water partition coefficient (Wildman–Crippen LogP) is 4.20.